The molecule has 0 spiro atoms. The van der Waals surface area contributed by atoms with Gasteiger partial charge in [-0.2, -0.15) is 0 Å². The number of nitrogens with one attached hydrogen (secondary N) is 2. The molecule has 0 radical (unpaired) electrons. The largest absolute Gasteiger partial charge is 0.490 e. The van der Waals surface area contributed by atoms with Gasteiger partial charge in [-0.1, -0.05) is 13.0 Å². The van der Waals surface area contributed by atoms with Crippen LogP contribution in [0.5, 0.6) is 5.75 Å². The second-order valence-corrected chi connectivity index (χ2v) is 4.25. The Kier molecular flexibility index (Phi) is 5.11. The summed E-state index contributed by atoms with van der Waals surface area (Å²) in [7, 11) is 1.62. The van der Waals surface area contributed by atoms with Crippen molar-refractivity contribution in [3.63, 3.8) is 0 Å². The molecule has 0 atom stereocenters. The summed E-state index contributed by atoms with van der Waals surface area (Å²) in [4.78, 5) is 12.5. The first kappa shape index (κ1) is 14.0. The van der Waals surface area contributed by atoms with Crippen molar-refractivity contribution < 1.29 is 4.74 Å². The van der Waals surface area contributed by atoms with Crippen LogP contribution in [0.15, 0.2) is 30.9 Å². The van der Waals surface area contributed by atoms with Gasteiger partial charge in [0, 0.05) is 25.5 Å². The van der Waals surface area contributed by atoms with Crippen molar-refractivity contribution in [2.75, 3.05) is 24.3 Å². The molecular weight excluding hydrogens is 254 g/mol. The van der Waals surface area contributed by atoms with Crippen LogP contribution in [-0.4, -0.2) is 28.6 Å². The number of anilines is 2. The lowest BCUT2D eigenvalue weighted by Gasteiger charge is -2.13. The van der Waals surface area contributed by atoms with E-state index in [1.165, 1.54) is 6.33 Å². The first-order valence-corrected chi connectivity index (χ1v) is 6.60. The number of pyridine rings is 1. The van der Waals surface area contributed by atoms with E-state index in [4.69, 9.17) is 4.74 Å². The van der Waals surface area contributed by atoms with Crippen LogP contribution < -0.4 is 15.4 Å². The van der Waals surface area contributed by atoms with Crippen LogP contribution in [0.2, 0.25) is 0 Å². The molecule has 0 saturated carbocycles. The Morgan fingerprint density at radius 2 is 2.00 bits per heavy atom. The van der Waals surface area contributed by atoms with Gasteiger partial charge in [0.25, 0.3) is 0 Å². The molecule has 2 rings (SSSR count). The van der Waals surface area contributed by atoms with Crippen molar-refractivity contribution in [1.82, 2.24) is 15.0 Å². The third kappa shape index (κ3) is 3.57. The van der Waals surface area contributed by atoms with Gasteiger partial charge in [0.1, 0.15) is 6.33 Å². The summed E-state index contributed by atoms with van der Waals surface area (Å²) < 4.78 is 5.40. The standard InChI is InChI=1S/C14H19N5O/c1-3-6-16-13-12(20-2)14(19-10-18-13)17-9-11-5-4-7-15-8-11/h4-5,7-8,10H,3,6,9H2,1-2H3,(H2,16,17,18,19). The van der Waals surface area contributed by atoms with E-state index >= 15 is 0 Å². The Bertz CT molecular complexity index is 532. The van der Waals surface area contributed by atoms with Gasteiger partial charge < -0.3 is 15.4 Å². The van der Waals surface area contributed by atoms with Crippen molar-refractivity contribution in [2.24, 2.45) is 0 Å². The summed E-state index contributed by atoms with van der Waals surface area (Å²) in [5, 5.41) is 6.47. The summed E-state index contributed by atoms with van der Waals surface area (Å²) in [6.07, 6.45) is 6.11. The van der Waals surface area contributed by atoms with Gasteiger partial charge in [-0.05, 0) is 18.1 Å². The molecule has 2 N–H and O–H groups in total. The zero-order valence-corrected chi connectivity index (χ0v) is 11.8. The first-order valence-electron chi connectivity index (χ1n) is 6.60. The smallest absolute Gasteiger partial charge is 0.204 e. The predicted molar refractivity (Wildman–Crippen MR) is 78.9 cm³/mol. The Hall–Kier alpha value is -2.37. The van der Waals surface area contributed by atoms with Crippen molar-refractivity contribution in [1.29, 1.82) is 0 Å². The second kappa shape index (κ2) is 7.28. The van der Waals surface area contributed by atoms with E-state index in [0.29, 0.717) is 23.9 Å². The van der Waals surface area contributed by atoms with Crippen molar-refractivity contribution >= 4 is 11.6 Å². The molecule has 0 aromatic carbocycles. The van der Waals surface area contributed by atoms with Crippen LogP contribution in [0.25, 0.3) is 0 Å². The molecule has 0 aliphatic heterocycles. The number of hydrogen-bond acceptors (Lipinski definition) is 6. The zero-order valence-electron chi connectivity index (χ0n) is 11.8. The molecule has 0 amide bonds. The average Bonchev–Trinajstić information content (AvgIpc) is 2.51. The first-order chi connectivity index (χ1) is 9.85. The monoisotopic (exact) mass is 273 g/mol. The second-order valence-electron chi connectivity index (χ2n) is 4.25. The maximum atomic E-state index is 5.40. The van der Waals surface area contributed by atoms with Crippen LogP contribution in [0.1, 0.15) is 18.9 Å². The maximum Gasteiger partial charge on any atom is 0.204 e. The van der Waals surface area contributed by atoms with Crippen LogP contribution in [0.4, 0.5) is 11.6 Å². The maximum absolute atomic E-state index is 5.40. The highest BCUT2D eigenvalue weighted by Crippen LogP contribution is 2.29. The lowest BCUT2D eigenvalue weighted by atomic mass is 10.3. The van der Waals surface area contributed by atoms with Gasteiger partial charge in [-0.25, -0.2) is 9.97 Å². The number of hydrogen-bond donors (Lipinski definition) is 2. The van der Waals surface area contributed by atoms with E-state index in [9.17, 15) is 0 Å². The summed E-state index contributed by atoms with van der Waals surface area (Å²) in [6.45, 7) is 3.58. The summed E-state index contributed by atoms with van der Waals surface area (Å²) >= 11 is 0. The summed E-state index contributed by atoms with van der Waals surface area (Å²) in [5.74, 6) is 2.01. The van der Waals surface area contributed by atoms with Crippen LogP contribution in [-0.2, 0) is 6.54 Å². The van der Waals surface area contributed by atoms with Crippen molar-refractivity contribution in [2.45, 2.75) is 19.9 Å². The van der Waals surface area contributed by atoms with Crippen molar-refractivity contribution in [3.05, 3.63) is 36.4 Å². The molecule has 6 nitrogen and oxygen atoms in total. The van der Waals surface area contributed by atoms with Gasteiger partial charge >= 0.3 is 0 Å². The Balaban J connectivity index is 2.10. The Morgan fingerprint density at radius 1 is 1.20 bits per heavy atom. The molecule has 2 aromatic rings. The fraction of sp³-hybridized carbons (Fsp3) is 0.357. The molecule has 0 saturated heterocycles. The molecular formula is C14H19N5O. The molecule has 106 valence electrons. The van der Waals surface area contributed by atoms with Gasteiger partial charge in [-0.3, -0.25) is 4.98 Å². The average molecular weight is 273 g/mol. The Labute approximate surface area is 118 Å². The Morgan fingerprint density at radius 3 is 2.65 bits per heavy atom. The zero-order chi connectivity index (χ0) is 14.2. The topological polar surface area (TPSA) is 72.0 Å². The molecule has 0 aliphatic carbocycles. The highest BCUT2D eigenvalue weighted by molar-refractivity contribution is 5.63. The van der Waals surface area contributed by atoms with Gasteiger partial charge in [0.2, 0.25) is 5.75 Å². The van der Waals surface area contributed by atoms with E-state index in [2.05, 4.69) is 32.5 Å². The van der Waals surface area contributed by atoms with E-state index in [0.717, 1.165) is 18.5 Å². The number of aromatic nitrogens is 3. The highest BCUT2D eigenvalue weighted by Gasteiger charge is 2.11. The van der Waals surface area contributed by atoms with Crippen molar-refractivity contribution in [3.8, 4) is 5.75 Å². The van der Waals surface area contributed by atoms with Gasteiger partial charge in [0.05, 0.1) is 7.11 Å². The lowest BCUT2D eigenvalue weighted by Crippen LogP contribution is -2.09. The van der Waals surface area contributed by atoms with Crippen LogP contribution in [0.3, 0.4) is 0 Å². The van der Waals surface area contributed by atoms with Gasteiger partial charge in [-0.15, -0.1) is 0 Å². The minimum absolute atomic E-state index is 0.629. The third-order valence-electron chi connectivity index (χ3n) is 2.73. The van der Waals surface area contributed by atoms with E-state index in [-0.39, 0.29) is 0 Å². The van der Waals surface area contributed by atoms with E-state index in [1.54, 1.807) is 13.3 Å². The summed E-state index contributed by atoms with van der Waals surface area (Å²) in [5.41, 5.74) is 1.08. The quantitative estimate of drug-likeness (QED) is 0.806. The lowest BCUT2D eigenvalue weighted by molar-refractivity contribution is 0.414. The summed E-state index contributed by atoms with van der Waals surface area (Å²) in [6, 6.07) is 3.91. The molecule has 0 unspecified atom stereocenters. The number of ether oxygens (including phenoxy) is 1. The number of methoxy groups -OCH3 is 1. The van der Waals surface area contributed by atoms with E-state index in [1.807, 2.05) is 18.3 Å². The number of rotatable bonds is 7. The minimum Gasteiger partial charge on any atom is -0.490 e. The molecule has 0 bridgehead atoms. The normalized spacial score (nSPS) is 10.1. The molecule has 0 fully saturated rings. The van der Waals surface area contributed by atoms with Crippen LogP contribution >= 0.6 is 0 Å². The fourth-order valence-electron chi connectivity index (χ4n) is 1.75. The van der Waals surface area contributed by atoms with Crippen LogP contribution in [0, 0.1) is 0 Å². The van der Waals surface area contributed by atoms with E-state index < -0.39 is 0 Å². The highest BCUT2D eigenvalue weighted by atomic mass is 16.5. The fourth-order valence-corrected chi connectivity index (χ4v) is 1.75. The molecule has 2 heterocycles. The van der Waals surface area contributed by atoms with Gasteiger partial charge in [0.15, 0.2) is 11.6 Å². The molecule has 2 aromatic heterocycles. The number of nitrogens with zero attached hydrogens (tertiary/aromatic N) is 3. The minimum atomic E-state index is 0.629. The molecule has 20 heavy (non-hydrogen) atoms. The molecule has 6 heteroatoms. The molecule has 0 aliphatic rings. The third-order valence-corrected chi connectivity index (χ3v) is 2.73. The SMILES string of the molecule is CCCNc1ncnc(NCc2cccnc2)c1OC. The predicted octanol–water partition coefficient (Wildman–Crippen LogP) is 2.31.